The second-order valence-electron chi connectivity index (χ2n) is 8.49. The first-order chi connectivity index (χ1) is 18.5. The molecule has 1 unspecified atom stereocenters. The van der Waals surface area contributed by atoms with Gasteiger partial charge in [0.2, 0.25) is 5.91 Å². The molecule has 1 aliphatic heterocycles. The van der Waals surface area contributed by atoms with Crippen LogP contribution in [0.4, 0.5) is 17.1 Å². The fourth-order valence-electron chi connectivity index (χ4n) is 4.15. The van der Waals surface area contributed by atoms with Gasteiger partial charge >= 0.3 is 0 Å². The van der Waals surface area contributed by atoms with Crippen LogP contribution in [0.3, 0.4) is 0 Å². The van der Waals surface area contributed by atoms with Crippen molar-refractivity contribution in [2.75, 3.05) is 36.3 Å². The number of fused-ring (bicyclic) bond motifs is 1. The number of halogens is 2. The van der Waals surface area contributed by atoms with Crippen LogP contribution in [0.25, 0.3) is 10.9 Å². The highest BCUT2D eigenvalue weighted by Gasteiger charge is 2.20. The van der Waals surface area contributed by atoms with Gasteiger partial charge in [-0.3, -0.25) is 9.78 Å². The average molecular weight is 555 g/mol. The van der Waals surface area contributed by atoms with E-state index in [-0.39, 0.29) is 17.9 Å². The molecule has 1 aromatic heterocycles. The molecule has 0 bridgehead atoms. The maximum atomic E-state index is 12.4. The minimum absolute atomic E-state index is 0.0276. The van der Waals surface area contributed by atoms with E-state index in [1.165, 1.54) is 6.08 Å². The number of aryl methyl sites for hydroxylation is 1. The summed E-state index contributed by atoms with van der Waals surface area (Å²) in [4.78, 5) is 17.2. The number of nitrogens with zero attached hydrogens (tertiary/aromatic N) is 2. The second kappa shape index (κ2) is 12.8. The number of hydrogen-bond donors (Lipinski definition) is 2. The highest BCUT2D eigenvalue weighted by Crippen LogP contribution is 2.38. The molecule has 1 saturated heterocycles. The van der Waals surface area contributed by atoms with Crippen LogP contribution in [-0.4, -0.2) is 42.7 Å². The van der Waals surface area contributed by atoms with Crippen LogP contribution >= 0.6 is 23.2 Å². The molecule has 4 rings (SSSR count). The number of nitriles is 1. The fourth-order valence-corrected chi connectivity index (χ4v) is 4.46. The van der Waals surface area contributed by atoms with E-state index in [0.29, 0.717) is 82.0 Å². The van der Waals surface area contributed by atoms with Crippen LogP contribution in [0.2, 0.25) is 5.02 Å². The van der Waals surface area contributed by atoms with Crippen LogP contribution in [0.15, 0.2) is 42.5 Å². The Balaban J connectivity index is 1.78. The number of alkyl halides is 1. The number of amides is 1. The van der Waals surface area contributed by atoms with E-state index < -0.39 is 0 Å². The number of rotatable bonds is 10. The number of aromatic nitrogens is 1. The molecule has 8 nitrogen and oxygen atoms in total. The smallest absolute Gasteiger partial charge is 0.248 e. The van der Waals surface area contributed by atoms with Crippen LogP contribution in [0, 0.1) is 11.3 Å². The number of anilines is 3. The van der Waals surface area contributed by atoms with Crippen molar-refractivity contribution < 1.29 is 19.0 Å². The van der Waals surface area contributed by atoms with Crippen molar-refractivity contribution in [2.45, 2.75) is 32.8 Å². The van der Waals surface area contributed by atoms with Crippen molar-refractivity contribution in [1.82, 2.24) is 4.98 Å². The number of ether oxygens (including phenoxy) is 3. The molecule has 0 aliphatic carbocycles. The van der Waals surface area contributed by atoms with Crippen LogP contribution < -0.4 is 20.1 Å². The van der Waals surface area contributed by atoms with Crippen molar-refractivity contribution in [3.8, 4) is 17.6 Å². The number of hydrogen-bond acceptors (Lipinski definition) is 7. The lowest BCUT2D eigenvalue weighted by Gasteiger charge is -2.18. The number of nitrogens with one attached hydrogen (secondary N) is 2. The second-order valence-corrected chi connectivity index (χ2v) is 9.21. The van der Waals surface area contributed by atoms with E-state index in [1.807, 2.05) is 19.9 Å². The Bertz CT molecular complexity index is 1400. The summed E-state index contributed by atoms with van der Waals surface area (Å²) in [7, 11) is 0. The summed E-state index contributed by atoms with van der Waals surface area (Å²) < 4.78 is 17.1. The van der Waals surface area contributed by atoms with Crippen LogP contribution in [-0.2, 0) is 16.0 Å². The van der Waals surface area contributed by atoms with Gasteiger partial charge in [0.15, 0.2) is 0 Å². The molecule has 0 spiro atoms. The molecule has 38 heavy (non-hydrogen) atoms. The fraction of sp³-hybridized carbons (Fsp3) is 0.321. The van der Waals surface area contributed by atoms with Gasteiger partial charge < -0.3 is 24.8 Å². The predicted octanol–water partition coefficient (Wildman–Crippen LogP) is 6.37. The van der Waals surface area contributed by atoms with Gasteiger partial charge in [0.05, 0.1) is 53.0 Å². The van der Waals surface area contributed by atoms with Gasteiger partial charge in [0, 0.05) is 35.5 Å². The molecule has 2 heterocycles. The Morgan fingerprint density at radius 1 is 1.29 bits per heavy atom. The highest BCUT2D eigenvalue weighted by atomic mass is 35.5. The molecule has 1 atom stereocenters. The average Bonchev–Trinajstić information content (AvgIpc) is 3.42. The third-order valence-corrected chi connectivity index (χ3v) is 6.38. The molecule has 1 aliphatic rings. The Morgan fingerprint density at radius 2 is 2.13 bits per heavy atom. The summed E-state index contributed by atoms with van der Waals surface area (Å²) in [6.07, 6.45) is 4.24. The molecular weight excluding hydrogens is 527 g/mol. The number of pyridine rings is 1. The normalized spacial score (nSPS) is 15.0. The van der Waals surface area contributed by atoms with Gasteiger partial charge in [0.25, 0.3) is 0 Å². The van der Waals surface area contributed by atoms with E-state index in [9.17, 15) is 10.1 Å². The molecule has 3 aromatic rings. The number of carbonyl (C=O) groups excluding carboxylic acids is 1. The maximum Gasteiger partial charge on any atom is 0.248 e. The van der Waals surface area contributed by atoms with Gasteiger partial charge in [0.1, 0.15) is 23.7 Å². The molecule has 1 amide bonds. The van der Waals surface area contributed by atoms with Crippen molar-refractivity contribution in [1.29, 1.82) is 5.26 Å². The zero-order valence-corrected chi connectivity index (χ0v) is 22.7. The zero-order chi connectivity index (χ0) is 27.1. The van der Waals surface area contributed by atoms with E-state index in [1.54, 1.807) is 30.3 Å². The molecule has 198 valence electrons. The predicted molar refractivity (Wildman–Crippen MR) is 150 cm³/mol. The van der Waals surface area contributed by atoms with Crippen molar-refractivity contribution in [3.63, 3.8) is 0 Å². The van der Waals surface area contributed by atoms with Crippen molar-refractivity contribution >= 4 is 57.1 Å². The maximum absolute atomic E-state index is 12.4. The molecule has 2 N–H and O–H groups in total. The minimum atomic E-state index is -0.353. The van der Waals surface area contributed by atoms with Crippen LogP contribution in [0.5, 0.6) is 11.5 Å². The number of benzene rings is 2. The third-order valence-electron chi connectivity index (χ3n) is 5.91. The zero-order valence-electron chi connectivity index (χ0n) is 21.1. The van der Waals surface area contributed by atoms with Gasteiger partial charge in [-0.05, 0) is 37.6 Å². The van der Waals surface area contributed by atoms with Gasteiger partial charge in [-0.2, -0.15) is 5.26 Å². The summed E-state index contributed by atoms with van der Waals surface area (Å²) in [5.74, 6) is 0.902. The number of allylic oxidation sites excluding steroid dienone is 1. The summed E-state index contributed by atoms with van der Waals surface area (Å²) in [6.45, 7) is 5.40. The van der Waals surface area contributed by atoms with Crippen molar-refractivity contribution in [3.05, 3.63) is 58.8 Å². The Kier molecular flexibility index (Phi) is 9.29. The summed E-state index contributed by atoms with van der Waals surface area (Å²) in [6, 6.07) is 11.2. The lowest BCUT2D eigenvalue weighted by molar-refractivity contribution is -0.111. The van der Waals surface area contributed by atoms with E-state index in [4.69, 9.17) is 42.4 Å². The lowest BCUT2D eigenvalue weighted by atomic mass is 10.0. The van der Waals surface area contributed by atoms with E-state index >= 15 is 0 Å². The van der Waals surface area contributed by atoms with Crippen LogP contribution in [0.1, 0.15) is 31.5 Å². The summed E-state index contributed by atoms with van der Waals surface area (Å²) >= 11 is 12.2. The first kappa shape index (κ1) is 27.5. The summed E-state index contributed by atoms with van der Waals surface area (Å²) in [5.41, 5.74) is 3.33. The van der Waals surface area contributed by atoms with E-state index in [2.05, 4.69) is 16.7 Å². The molecule has 2 aromatic carbocycles. The van der Waals surface area contributed by atoms with Gasteiger partial charge in [-0.15, -0.1) is 11.6 Å². The standard InChI is InChI=1S/C28H28Cl2N4O4/c1-3-22-20(15-31)28(32-17-7-8-25(21(30)12-17)38-18-9-11-36-16-18)19-13-24(34-27(35)6-5-10-29)26(37-4-2)14-23(19)33-22/h5-8,12-14,18H,3-4,9-11,16H2,1-2H3,(H,32,33)(H,34,35)/b6-5+. The molecule has 0 saturated carbocycles. The van der Waals surface area contributed by atoms with Gasteiger partial charge in [-0.1, -0.05) is 24.6 Å². The molecule has 1 fully saturated rings. The Labute approximate surface area is 231 Å². The third kappa shape index (κ3) is 6.30. The highest BCUT2D eigenvalue weighted by molar-refractivity contribution is 6.32. The molecule has 0 radical (unpaired) electrons. The minimum Gasteiger partial charge on any atom is -0.492 e. The number of carbonyl (C=O) groups is 1. The van der Waals surface area contributed by atoms with Crippen molar-refractivity contribution in [2.24, 2.45) is 0 Å². The SMILES string of the molecule is CCOc1cc2nc(CC)c(C#N)c(Nc3ccc(OC4CCOC4)c(Cl)c3)c2cc1NC(=O)/C=C/CCl. The Hall–Kier alpha value is -3.51. The topological polar surface area (TPSA) is 106 Å². The Morgan fingerprint density at radius 3 is 2.79 bits per heavy atom. The quantitative estimate of drug-likeness (QED) is 0.221. The summed E-state index contributed by atoms with van der Waals surface area (Å²) in [5, 5.41) is 17.3. The first-order valence-electron chi connectivity index (χ1n) is 12.3. The molecular formula is C28H28Cl2N4O4. The molecule has 10 heteroatoms. The first-order valence-corrected chi connectivity index (χ1v) is 13.3. The lowest BCUT2D eigenvalue weighted by Crippen LogP contribution is -2.15. The monoisotopic (exact) mass is 554 g/mol. The van der Waals surface area contributed by atoms with E-state index in [0.717, 1.165) is 6.42 Å². The largest absolute Gasteiger partial charge is 0.492 e. The van der Waals surface area contributed by atoms with Gasteiger partial charge in [-0.25, -0.2) is 0 Å².